The minimum absolute atomic E-state index is 0.0637. The molecule has 8 atom stereocenters. The van der Waals surface area contributed by atoms with E-state index in [-0.39, 0.29) is 42.2 Å². The molecule has 1 aromatic rings. The van der Waals surface area contributed by atoms with Gasteiger partial charge in [0.2, 0.25) is 0 Å². The highest BCUT2D eigenvalue weighted by molar-refractivity contribution is 5.72. The van der Waals surface area contributed by atoms with Gasteiger partial charge in [-0.25, -0.2) is 0 Å². The van der Waals surface area contributed by atoms with Gasteiger partial charge in [0, 0.05) is 24.4 Å². The van der Waals surface area contributed by atoms with Gasteiger partial charge < -0.3 is 14.2 Å². The Morgan fingerprint density at radius 1 is 1.13 bits per heavy atom. The van der Waals surface area contributed by atoms with Crippen LogP contribution in [0.25, 0.3) is 0 Å². The van der Waals surface area contributed by atoms with Crippen molar-refractivity contribution in [1.82, 2.24) is 4.90 Å². The van der Waals surface area contributed by atoms with Crippen LogP contribution in [0.15, 0.2) is 42.5 Å². The average molecular weight is 414 g/mol. The van der Waals surface area contributed by atoms with Gasteiger partial charge in [-0.1, -0.05) is 55.8 Å². The van der Waals surface area contributed by atoms with Crippen LogP contribution in [-0.4, -0.2) is 55.5 Å². The van der Waals surface area contributed by atoms with Gasteiger partial charge in [-0.3, -0.25) is 9.69 Å². The van der Waals surface area contributed by atoms with E-state index in [4.69, 9.17) is 14.2 Å². The molecule has 2 saturated heterocycles. The van der Waals surface area contributed by atoms with Crippen molar-refractivity contribution in [2.75, 3.05) is 14.2 Å². The van der Waals surface area contributed by atoms with Crippen molar-refractivity contribution in [2.24, 2.45) is 17.8 Å². The van der Waals surface area contributed by atoms with Gasteiger partial charge in [-0.15, -0.1) is 0 Å². The van der Waals surface area contributed by atoms with Crippen molar-refractivity contribution in [3.63, 3.8) is 0 Å². The summed E-state index contributed by atoms with van der Waals surface area (Å²) >= 11 is 0. The van der Waals surface area contributed by atoms with E-state index in [0.29, 0.717) is 12.0 Å². The number of ether oxygens (including phenoxy) is 3. The number of nitrogens with zero attached hydrogens (tertiary/aromatic N) is 1. The van der Waals surface area contributed by atoms with Crippen molar-refractivity contribution in [2.45, 2.75) is 70.1 Å². The van der Waals surface area contributed by atoms with Crippen LogP contribution in [0, 0.1) is 17.8 Å². The van der Waals surface area contributed by atoms with Crippen LogP contribution >= 0.6 is 0 Å². The first-order valence-electron chi connectivity index (χ1n) is 11.3. The molecule has 0 radical (unpaired) electrons. The number of carbonyl (C=O) groups excluding carboxylic acids is 1. The lowest BCUT2D eigenvalue weighted by Gasteiger charge is -2.32. The van der Waals surface area contributed by atoms with Crippen LogP contribution in [0.1, 0.15) is 38.7 Å². The van der Waals surface area contributed by atoms with Gasteiger partial charge in [0.1, 0.15) is 0 Å². The summed E-state index contributed by atoms with van der Waals surface area (Å²) in [5, 5.41) is 0. The standard InChI is InChI=1S/C25H35NO4/c1-5-9-18(26(3)15-17-10-7-6-8-11-17)14-21-22-19-12-13-20(29-19)23(22)24(30-21)16(2)25(27)28-4/h6-8,10-13,16,18-24H,5,9,14-15H2,1-4H3/t16-,18-,19+,20-,21-,22-,23-,24+/m1/s1. The molecule has 164 valence electrons. The van der Waals surface area contributed by atoms with Crippen molar-refractivity contribution in [3.05, 3.63) is 48.0 Å². The number of benzene rings is 1. The molecule has 0 unspecified atom stereocenters. The van der Waals surface area contributed by atoms with Crippen molar-refractivity contribution in [1.29, 1.82) is 0 Å². The molecule has 1 aromatic carbocycles. The molecule has 0 N–H and O–H groups in total. The predicted octanol–water partition coefficient (Wildman–Crippen LogP) is 3.82. The summed E-state index contributed by atoms with van der Waals surface area (Å²) in [6.07, 6.45) is 7.70. The van der Waals surface area contributed by atoms with Crippen molar-refractivity contribution in [3.8, 4) is 0 Å². The maximum absolute atomic E-state index is 12.3. The number of methoxy groups -OCH3 is 1. The predicted molar refractivity (Wildman–Crippen MR) is 116 cm³/mol. The van der Waals surface area contributed by atoms with Gasteiger partial charge >= 0.3 is 5.97 Å². The topological polar surface area (TPSA) is 48.0 Å². The van der Waals surface area contributed by atoms with Crippen LogP contribution in [0.4, 0.5) is 0 Å². The summed E-state index contributed by atoms with van der Waals surface area (Å²) in [7, 11) is 3.67. The molecular formula is C25H35NO4. The molecule has 0 saturated carbocycles. The molecule has 3 aliphatic heterocycles. The molecule has 0 spiro atoms. The van der Waals surface area contributed by atoms with E-state index >= 15 is 0 Å². The van der Waals surface area contributed by atoms with E-state index in [2.05, 4.69) is 61.4 Å². The zero-order chi connectivity index (χ0) is 21.3. The van der Waals surface area contributed by atoms with E-state index in [1.807, 2.05) is 6.92 Å². The number of fused-ring (bicyclic) bond motifs is 5. The lowest BCUT2D eigenvalue weighted by molar-refractivity contribution is -0.152. The summed E-state index contributed by atoms with van der Waals surface area (Å²) in [5.74, 6) is 0.0790. The molecule has 3 aliphatic rings. The van der Waals surface area contributed by atoms with E-state index in [0.717, 1.165) is 25.8 Å². The Labute approximate surface area is 180 Å². The van der Waals surface area contributed by atoms with E-state index in [1.54, 1.807) is 0 Å². The molecule has 0 aromatic heterocycles. The molecule has 30 heavy (non-hydrogen) atoms. The minimum Gasteiger partial charge on any atom is -0.469 e. The second-order valence-electron chi connectivity index (χ2n) is 9.13. The maximum Gasteiger partial charge on any atom is 0.311 e. The van der Waals surface area contributed by atoms with Crippen LogP contribution < -0.4 is 0 Å². The number of hydrogen-bond acceptors (Lipinski definition) is 5. The zero-order valence-corrected chi connectivity index (χ0v) is 18.6. The number of hydrogen-bond donors (Lipinski definition) is 0. The van der Waals surface area contributed by atoms with Gasteiger partial charge in [0.25, 0.3) is 0 Å². The highest BCUT2D eigenvalue weighted by Crippen LogP contribution is 2.52. The third kappa shape index (κ3) is 4.08. The molecule has 4 rings (SSSR count). The lowest BCUT2D eigenvalue weighted by atomic mass is 9.75. The lowest BCUT2D eigenvalue weighted by Crippen LogP contribution is -2.38. The first-order valence-corrected chi connectivity index (χ1v) is 11.3. The Morgan fingerprint density at radius 2 is 1.83 bits per heavy atom. The zero-order valence-electron chi connectivity index (χ0n) is 18.6. The molecule has 0 amide bonds. The number of carbonyl (C=O) groups is 1. The third-order valence-electron chi connectivity index (χ3n) is 7.24. The van der Waals surface area contributed by atoms with Crippen molar-refractivity contribution < 1.29 is 19.0 Å². The molecule has 5 heteroatoms. The van der Waals surface area contributed by atoms with Crippen LogP contribution in [0.2, 0.25) is 0 Å². The second-order valence-corrected chi connectivity index (χ2v) is 9.13. The van der Waals surface area contributed by atoms with Crippen LogP contribution in [0.3, 0.4) is 0 Å². The number of rotatable bonds is 9. The van der Waals surface area contributed by atoms with Gasteiger partial charge in [0.05, 0.1) is 37.4 Å². The van der Waals surface area contributed by atoms with Gasteiger partial charge in [-0.2, -0.15) is 0 Å². The Bertz CT molecular complexity index is 751. The normalized spacial score (nSPS) is 33.6. The fraction of sp³-hybridized carbons (Fsp3) is 0.640. The minimum atomic E-state index is -0.282. The smallest absolute Gasteiger partial charge is 0.311 e. The Balaban J connectivity index is 1.50. The molecule has 5 nitrogen and oxygen atoms in total. The van der Waals surface area contributed by atoms with E-state index in [1.165, 1.54) is 12.7 Å². The summed E-state index contributed by atoms with van der Waals surface area (Å²) in [6.45, 7) is 5.10. The fourth-order valence-electron chi connectivity index (χ4n) is 5.72. The molecule has 0 aliphatic carbocycles. The maximum atomic E-state index is 12.3. The molecule has 2 fully saturated rings. The number of esters is 1. The van der Waals surface area contributed by atoms with E-state index < -0.39 is 0 Å². The first kappa shape index (κ1) is 21.5. The summed E-state index contributed by atoms with van der Waals surface area (Å²) in [4.78, 5) is 14.7. The summed E-state index contributed by atoms with van der Waals surface area (Å²) in [5.41, 5.74) is 1.33. The van der Waals surface area contributed by atoms with Crippen LogP contribution in [0.5, 0.6) is 0 Å². The van der Waals surface area contributed by atoms with Gasteiger partial charge in [0.15, 0.2) is 0 Å². The second kappa shape index (κ2) is 9.21. The molecular weight excluding hydrogens is 378 g/mol. The highest BCUT2D eigenvalue weighted by Gasteiger charge is 2.60. The van der Waals surface area contributed by atoms with Crippen molar-refractivity contribution >= 4 is 5.97 Å². The quantitative estimate of drug-likeness (QED) is 0.455. The Kier molecular flexibility index (Phi) is 6.61. The summed E-state index contributed by atoms with van der Waals surface area (Å²) < 4.78 is 17.9. The van der Waals surface area contributed by atoms with Gasteiger partial charge in [-0.05, 0) is 32.4 Å². The molecule has 2 bridgehead atoms. The SMILES string of the molecule is CCC[C@H](C[C@H]1O[C@@H]([C@@H](C)C(=O)OC)[C@H]2[C@@H]1[C@@H]1C=C[C@H]2O1)N(C)Cc1ccccc1. The molecule has 3 heterocycles. The van der Waals surface area contributed by atoms with Crippen LogP contribution in [-0.2, 0) is 25.5 Å². The first-order chi connectivity index (χ1) is 14.5. The van der Waals surface area contributed by atoms with E-state index in [9.17, 15) is 4.79 Å². The fourth-order valence-corrected chi connectivity index (χ4v) is 5.72. The monoisotopic (exact) mass is 413 g/mol. The Morgan fingerprint density at radius 3 is 2.50 bits per heavy atom. The largest absolute Gasteiger partial charge is 0.469 e. The Hall–Kier alpha value is -1.69. The third-order valence-corrected chi connectivity index (χ3v) is 7.24. The average Bonchev–Trinajstić information content (AvgIpc) is 3.46. The summed E-state index contributed by atoms with van der Waals surface area (Å²) in [6, 6.07) is 11.1. The highest BCUT2D eigenvalue weighted by atomic mass is 16.6.